The minimum absolute atomic E-state index is 0.244. The van der Waals surface area contributed by atoms with Crippen LogP contribution in [0.1, 0.15) is 38.9 Å². The van der Waals surface area contributed by atoms with Crippen LogP contribution in [0.3, 0.4) is 0 Å². The van der Waals surface area contributed by atoms with Crippen LogP contribution in [-0.2, 0) is 4.74 Å². The molecule has 1 fully saturated rings. The molecule has 1 aliphatic rings. The van der Waals surface area contributed by atoms with Crippen molar-refractivity contribution in [3.8, 4) is 0 Å². The van der Waals surface area contributed by atoms with Crippen molar-refractivity contribution < 1.29 is 9.84 Å². The normalized spacial score (nSPS) is 26.1. The van der Waals surface area contributed by atoms with Crippen LogP contribution in [0, 0.1) is 0 Å². The number of rotatable bonds is 3. The highest BCUT2D eigenvalue weighted by molar-refractivity contribution is 5.55. The highest BCUT2D eigenvalue weighted by Crippen LogP contribution is 2.31. The van der Waals surface area contributed by atoms with E-state index < -0.39 is 0 Å². The van der Waals surface area contributed by atoms with Crippen molar-refractivity contribution in [1.29, 1.82) is 0 Å². The van der Waals surface area contributed by atoms with Gasteiger partial charge in [-0.15, -0.1) is 0 Å². The second kappa shape index (κ2) is 5.72. The van der Waals surface area contributed by atoms with Crippen molar-refractivity contribution in [3.05, 3.63) is 29.8 Å². The number of ether oxygens (including phenoxy) is 1. The summed E-state index contributed by atoms with van der Waals surface area (Å²) in [5, 5.41) is 10.1. The Balaban J connectivity index is 2.31. The third-order valence-electron chi connectivity index (χ3n) is 3.60. The second-order valence-corrected chi connectivity index (χ2v) is 5.13. The van der Waals surface area contributed by atoms with Gasteiger partial charge in [-0.25, -0.2) is 0 Å². The molecule has 1 heterocycles. The summed E-state index contributed by atoms with van der Waals surface area (Å²) in [6, 6.07) is 8.51. The first-order chi connectivity index (χ1) is 8.63. The van der Waals surface area contributed by atoms with Gasteiger partial charge in [0.05, 0.1) is 18.8 Å². The minimum Gasteiger partial charge on any atom is -0.388 e. The zero-order valence-electron chi connectivity index (χ0n) is 11.5. The summed E-state index contributed by atoms with van der Waals surface area (Å²) in [7, 11) is 0. The molecule has 2 unspecified atom stereocenters. The third kappa shape index (κ3) is 2.68. The van der Waals surface area contributed by atoms with E-state index in [0.29, 0.717) is 6.04 Å². The number of anilines is 1. The van der Waals surface area contributed by atoms with Gasteiger partial charge in [0.1, 0.15) is 0 Å². The highest BCUT2D eigenvalue weighted by Gasteiger charge is 2.26. The topological polar surface area (TPSA) is 32.7 Å². The minimum atomic E-state index is -0.383. The first kappa shape index (κ1) is 13.4. The first-order valence-electron chi connectivity index (χ1n) is 6.78. The van der Waals surface area contributed by atoms with Crippen molar-refractivity contribution >= 4 is 5.69 Å². The van der Waals surface area contributed by atoms with Crippen molar-refractivity contribution in [1.82, 2.24) is 0 Å². The van der Waals surface area contributed by atoms with Gasteiger partial charge < -0.3 is 14.7 Å². The molecule has 0 radical (unpaired) electrons. The molecule has 0 amide bonds. The molecule has 2 rings (SSSR count). The van der Waals surface area contributed by atoms with E-state index >= 15 is 0 Å². The van der Waals surface area contributed by atoms with E-state index in [1.54, 1.807) is 0 Å². The van der Waals surface area contributed by atoms with Crippen LogP contribution in [0.4, 0.5) is 5.69 Å². The van der Waals surface area contributed by atoms with Crippen LogP contribution in [0.15, 0.2) is 24.3 Å². The molecule has 1 aromatic carbocycles. The summed E-state index contributed by atoms with van der Waals surface area (Å²) in [6.07, 6.45) is 0.602. The van der Waals surface area contributed by atoms with Crippen molar-refractivity contribution in [3.63, 3.8) is 0 Å². The Hall–Kier alpha value is -1.06. The molecule has 100 valence electrons. The van der Waals surface area contributed by atoms with E-state index in [-0.39, 0.29) is 12.2 Å². The van der Waals surface area contributed by atoms with Gasteiger partial charge >= 0.3 is 0 Å². The number of morpholine rings is 1. The highest BCUT2D eigenvalue weighted by atomic mass is 16.5. The molecule has 1 saturated heterocycles. The largest absolute Gasteiger partial charge is 0.388 e. The number of para-hydroxylation sites is 1. The van der Waals surface area contributed by atoms with Gasteiger partial charge in [0.15, 0.2) is 0 Å². The number of hydrogen-bond donors (Lipinski definition) is 1. The van der Waals surface area contributed by atoms with Gasteiger partial charge in [-0.05, 0) is 26.3 Å². The molecule has 0 spiro atoms. The maximum Gasteiger partial charge on any atom is 0.0807 e. The van der Waals surface area contributed by atoms with Gasteiger partial charge in [-0.1, -0.05) is 25.1 Å². The SMILES string of the molecule is CC[C@H](O)c1ccccc1N1CC(C)OCC1C. The molecule has 0 bridgehead atoms. The zero-order valence-corrected chi connectivity index (χ0v) is 11.5. The molecule has 1 aliphatic heterocycles. The van der Waals surface area contributed by atoms with Crippen molar-refractivity contribution in [2.24, 2.45) is 0 Å². The number of benzene rings is 1. The summed E-state index contributed by atoms with van der Waals surface area (Å²) in [6.45, 7) is 7.90. The van der Waals surface area contributed by atoms with Gasteiger partial charge in [-0.2, -0.15) is 0 Å². The number of aliphatic hydroxyl groups is 1. The summed E-state index contributed by atoms with van der Waals surface area (Å²) >= 11 is 0. The summed E-state index contributed by atoms with van der Waals surface area (Å²) in [5.74, 6) is 0. The lowest BCUT2D eigenvalue weighted by molar-refractivity contribution is 0.0340. The quantitative estimate of drug-likeness (QED) is 0.894. The Kier molecular flexibility index (Phi) is 4.25. The standard InChI is InChI=1S/C15H23NO2/c1-4-15(17)13-7-5-6-8-14(13)16-9-12(3)18-10-11(16)2/h5-8,11-12,15,17H,4,9-10H2,1-3H3/t11?,12?,15-/m0/s1. The fraction of sp³-hybridized carbons (Fsp3) is 0.600. The second-order valence-electron chi connectivity index (χ2n) is 5.13. The van der Waals surface area contributed by atoms with Crippen LogP contribution in [0.25, 0.3) is 0 Å². The van der Waals surface area contributed by atoms with Crippen LogP contribution in [0.2, 0.25) is 0 Å². The van der Waals surface area contributed by atoms with Gasteiger partial charge in [0.2, 0.25) is 0 Å². The predicted octanol–water partition coefficient (Wildman–Crippen LogP) is 2.74. The maximum absolute atomic E-state index is 10.1. The zero-order chi connectivity index (χ0) is 13.1. The van der Waals surface area contributed by atoms with Gasteiger partial charge in [0.25, 0.3) is 0 Å². The fourth-order valence-electron chi connectivity index (χ4n) is 2.49. The molecule has 0 saturated carbocycles. The first-order valence-corrected chi connectivity index (χ1v) is 6.78. The third-order valence-corrected chi connectivity index (χ3v) is 3.60. The maximum atomic E-state index is 10.1. The number of nitrogens with zero attached hydrogens (tertiary/aromatic N) is 1. The van der Waals surface area contributed by atoms with E-state index in [9.17, 15) is 5.11 Å². The van der Waals surface area contributed by atoms with Crippen molar-refractivity contribution in [2.45, 2.75) is 45.4 Å². The Bertz CT molecular complexity index is 394. The summed E-state index contributed by atoms with van der Waals surface area (Å²) in [5.41, 5.74) is 2.18. The summed E-state index contributed by atoms with van der Waals surface area (Å²) in [4.78, 5) is 2.35. The molecule has 1 aromatic rings. The van der Waals surface area contributed by atoms with E-state index in [0.717, 1.165) is 30.8 Å². The monoisotopic (exact) mass is 249 g/mol. The lowest BCUT2D eigenvalue weighted by Gasteiger charge is -2.40. The average molecular weight is 249 g/mol. The number of hydrogen-bond acceptors (Lipinski definition) is 3. The lowest BCUT2D eigenvalue weighted by Crippen LogP contribution is -2.47. The van der Waals surface area contributed by atoms with E-state index in [1.807, 2.05) is 25.1 Å². The molecule has 3 atom stereocenters. The van der Waals surface area contributed by atoms with Crippen LogP contribution in [-0.4, -0.2) is 30.4 Å². The number of aliphatic hydroxyl groups excluding tert-OH is 1. The van der Waals surface area contributed by atoms with Crippen LogP contribution >= 0.6 is 0 Å². The Labute approximate surface area is 109 Å². The van der Waals surface area contributed by atoms with E-state index in [1.165, 1.54) is 0 Å². The molecular formula is C15H23NO2. The Morgan fingerprint density at radius 1 is 1.39 bits per heavy atom. The Morgan fingerprint density at radius 2 is 2.11 bits per heavy atom. The predicted molar refractivity (Wildman–Crippen MR) is 73.9 cm³/mol. The Morgan fingerprint density at radius 3 is 2.83 bits per heavy atom. The molecule has 0 aliphatic carbocycles. The smallest absolute Gasteiger partial charge is 0.0807 e. The molecular weight excluding hydrogens is 226 g/mol. The molecule has 0 aromatic heterocycles. The molecule has 1 N–H and O–H groups in total. The van der Waals surface area contributed by atoms with E-state index in [2.05, 4.69) is 24.8 Å². The van der Waals surface area contributed by atoms with Gasteiger partial charge in [0, 0.05) is 23.8 Å². The average Bonchev–Trinajstić information content (AvgIpc) is 2.40. The fourth-order valence-corrected chi connectivity index (χ4v) is 2.49. The van der Waals surface area contributed by atoms with Gasteiger partial charge in [-0.3, -0.25) is 0 Å². The van der Waals surface area contributed by atoms with E-state index in [4.69, 9.17) is 4.74 Å². The van der Waals surface area contributed by atoms with Crippen molar-refractivity contribution in [2.75, 3.05) is 18.1 Å². The lowest BCUT2D eigenvalue weighted by atomic mass is 10.0. The summed E-state index contributed by atoms with van der Waals surface area (Å²) < 4.78 is 5.66. The molecule has 18 heavy (non-hydrogen) atoms. The van der Waals surface area contributed by atoms with Crippen LogP contribution in [0.5, 0.6) is 0 Å². The molecule has 3 nitrogen and oxygen atoms in total. The molecule has 3 heteroatoms. The van der Waals surface area contributed by atoms with Crippen LogP contribution < -0.4 is 4.90 Å².